The molecule has 0 aromatic heterocycles. The van der Waals surface area contributed by atoms with Gasteiger partial charge >= 0.3 is 0 Å². The fourth-order valence-electron chi connectivity index (χ4n) is 2.75. The Morgan fingerprint density at radius 1 is 1.23 bits per heavy atom. The molecule has 2 aromatic rings. The van der Waals surface area contributed by atoms with Gasteiger partial charge in [0.05, 0.1) is 11.7 Å². The SMILES string of the molecule is CC1(C)C[C@H](O)c2c(OCc3ccccc3F)cccc2O1. The third-order valence-electron chi connectivity index (χ3n) is 3.77. The van der Waals surface area contributed by atoms with Gasteiger partial charge in [-0.05, 0) is 32.0 Å². The zero-order valence-electron chi connectivity index (χ0n) is 12.7. The van der Waals surface area contributed by atoms with Gasteiger partial charge in [0.25, 0.3) is 0 Å². The first kappa shape index (κ1) is 14.9. The second-order valence-electron chi connectivity index (χ2n) is 6.13. The van der Waals surface area contributed by atoms with E-state index in [2.05, 4.69) is 0 Å². The third-order valence-corrected chi connectivity index (χ3v) is 3.77. The summed E-state index contributed by atoms with van der Waals surface area (Å²) in [5, 5.41) is 10.4. The predicted molar refractivity (Wildman–Crippen MR) is 81.5 cm³/mol. The summed E-state index contributed by atoms with van der Waals surface area (Å²) in [5.74, 6) is 0.851. The van der Waals surface area contributed by atoms with Crippen LogP contribution < -0.4 is 9.47 Å². The van der Waals surface area contributed by atoms with Crippen molar-refractivity contribution in [3.63, 3.8) is 0 Å². The van der Waals surface area contributed by atoms with E-state index in [1.165, 1.54) is 6.07 Å². The maximum Gasteiger partial charge on any atom is 0.129 e. The molecule has 0 saturated heterocycles. The molecule has 116 valence electrons. The Balaban J connectivity index is 1.86. The number of aliphatic hydroxyl groups excluding tert-OH is 1. The minimum atomic E-state index is -0.657. The highest BCUT2D eigenvalue weighted by atomic mass is 19.1. The minimum Gasteiger partial charge on any atom is -0.488 e. The van der Waals surface area contributed by atoms with Gasteiger partial charge in [0.2, 0.25) is 0 Å². The number of rotatable bonds is 3. The van der Waals surface area contributed by atoms with Crippen LogP contribution >= 0.6 is 0 Å². The van der Waals surface area contributed by atoms with Gasteiger partial charge in [-0.15, -0.1) is 0 Å². The first-order chi connectivity index (χ1) is 10.5. The summed E-state index contributed by atoms with van der Waals surface area (Å²) >= 11 is 0. The Morgan fingerprint density at radius 2 is 2.00 bits per heavy atom. The highest BCUT2D eigenvalue weighted by Gasteiger charge is 2.34. The largest absolute Gasteiger partial charge is 0.488 e. The summed E-state index contributed by atoms with van der Waals surface area (Å²) in [7, 11) is 0. The predicted octanol–water partition coefficient (Wildman–Crippen LogP) is 4.00. The van der Waals surface area contributed by atoms with Gasteiger partial charge in [-0.2, -0.15) is 0 Å². The summed E-state index contributed by atoms with van der Waals surface area (Å²) in [6.07, 6.45) is -0.171. The second kappa shape index (κ2) is 5.61. The molecule has 3 nitrogen and oxygen atoms in total. The van der Waals surface area contributed by atoms with Crippen molar-refractivity contribution in [3.05, 3.63) is 59.4 Å². The molecule has 1 atom stereocenters. The van der Waals surface area contributed by atoms with Crippen LogP contribution in [-0.4, -0.2) is 10.7 Å². The normalized spacial score (nSPS) is 19.2. The van der Waals surface area contributed by atoms with E-state index in [1.54, 1.807) is 24.3 Å². The lowest BCUT2D eigenvalue weighted by atomic mass is 9.91. The van der Waals surface area contributed by atoms with E-state index in [1.807, 2.05) is 26.0 Å². The lowest BCUT2D eigenvalue weighted by Crippen LogP contribution is -2.35. The second-order valence-corrected chi connectivity index (χ2v) is 6.13. The smallest absolute Gasteiger partial charge is 0.129 e. The fraction of sp³-hybridized carbons (Fsp3) is 0.333. The van der Waals surface area contributed by atoms with Crippen LogP contribution in [0.4, 0.5) is 4.39 Å². The van der Waals surface area contributed by atoms with Gasteiger partial charge in [0.1, 0.15) is 29.5 Å². The number of hydrogen-bond donors (Lipinski definition) is 1. The van der Waals surface area contributed by atoms with Crippen LogP contribution in [0.3, 0.4) is 0 Å². The van der Waals surface area contributed by atoms with Gasteiger partial charge in [-0.3, -0.25) is 0 Å². The molecule has 4 heteroatoms. The first-order valence-corrected chi connectivity index (χ1v) is 7.32. The topological polar surface area (TPSA) is 38.7 Å². The minimum absolute atomic E-state index is 0.110. The van der Waals surface area contributed by atoms with Crippen molar-refractivity contribution >= 4 is 0 Å². The molecule has 0 radical (unpaired) electrons. The fourth-order valence-corrected chi connectivity index (χ4v) is 2.75. The molecule has 0 unspecified atom stereocenters. The highest BCUT2D eigenvalue weighted by molar-refractivity contribution is 5.48. The molecule has 0 amide bonds. The Bertz CT molecular complexity index is 682. The van der Waals surface area contributed by atoms with E-state index in [0.717, 1.165) is 0 Å². The standard InChI is InChI=1S/C18H19FO3/c1-18(2)10-14(20)17-15(8-5-9-16(17)22-18)21-11-12-6-3-4-7-13(12)19/h3-9,14,20H,10-11H2,1-2H3/t14-/m0/s1. The van der Waals surface area contributed by atoms with Crippen LogP contribution in [0.25, 0.3) is 0 Å². The maximum atomic E-state index is 13.7. The van der Waals surface area contributed by atoms with E-state index < -0.39 is 11.7 Å². The monoisotopic (exact) mass is 302 g/mol. The van der Waals surface area contributed by atoms with Crippen molar-refractivity contribution in [2.75, 3.05) is 0 Å². The highest BCUT2D eigenvalue weighted by Crippen LogP contribution is 2.44. The summed E-state index contributed by atoms with van der Waals surface area (Å²) in [5.41, 5.74) is 0.696. The number of ether oxygens (including phenoxy) is 2. The van der Waals surface area contributed by atoms with Crippen molar-refractivity contribution in [1.29, 1.82) is 0 Å². The zero-order valence-corrected chi connectivity index (χ0v) is 12.7. The molecule has 1 aliphatic heterocycles. The Labute approximate surface area is 129 Å². The summed E-state index contributed by atoms with van der Waals surface area (Å²) < 4.78 is 25.3. The first-order valence-electron chi connectivity index (χ1n) is 7.32. The van der Waals surface area contributed by atoms with Crippen LogP contribution in [-0.2, 0) is 6.61 Å². The van der Waals surface area contributed by atoms with Crippen LogP contribution in [0, 0.1) is 5.82 Å². The number of benzene rings is 2. The van der Waals surface area contributed by atoms with Gasteiger partial charge in [-0.25, -0.2) is 4.39 Å². The number of hydrogen-bond acceptors (Lipinski definition) is 3. The lowest BCUT2D eigenvalue weighted by molar-refractivity contribution is 0.00948. The molecule has 0 saturated carbocycles. The number of fused-ring (bicyclic) bond motifs is 1. The molecule has 3 rings (SSSR count). The van der Waals surface area contributed by atoms with Crippen LogP contribution in [0.1, 0.15) is 37.5 Å². The molecule has 0 aliphatic carbocycles. The Morgan fingerprint density at radius 3 is 2.77 bits per heavy atom. The summed E-state index contributed by atoms with van der Waals surface area (Å²) in [6.45, 7) is 3.98. The molecule has 0 bridgehead atoms. The van der Waals surface area contributed by atoms with Gasteiger partial charge < -0.3 is 14.6 Å². The third kappa shape index (κ3) is 2.92. The molecule has 1 aliphatic rings. The van der Waals surface area contributed by atoms with Crippen molar-refractivity contribution in [3.8, 4) is 11.5 Å². The molecule has 1 heterocycles. The molecular weight excluding hydrogens is 283 g/mol. The number of halogens is 1. The average molecular weight is 302 g/mol. The molecule has 2 aromatic carbocycles. The Kier molecular flexibility index (Phi) is 3.79. The van der Waals surface area contributed by atoms with E-state index in [9.17, 15) is 9.50 Å². The van der Waals surface area contributed by atoms with Gasteiger partial charge in [0.15, 0.2) is 0 Å². The van der Waals surface area contributed by atoms with Crippen LogP contribution in [0.15, 0.2) is 42.5 Å². The average Bonchev–Trinajstić information content (AvgIpc) is 2.44. The summed E-state index contributed by atoms with van der Waals surface area (Å²) in [6, 6.07) is 11.9. The van der Waals surface area contributed by atoms with E-state index >= 15 is 0 Å². The quantitative estimate of drug-likeness (QED) is 0.931. The molecular formula is C18H19FO3. The molecule has 0 fully saturated rings. The number of aliphatic hydroxyl groups is 1. The van der Waals surface area contributed by atoms with Crippen molar-refractivity contribution < 1.29 is 19.0 Å². The van der Waals surface area contributed by atoms with E-state index in [-0.39, 0.29) is 12.4 Å². The maximum absolute atomic E-state index is 13.7. The van der Waals surface area contributed by atoms with Crippen LogP contribution in [0.5, 0.6) is 11.5 Å². The Hall–Kier alpha value is -2.07. The summed E-state index contributed by atoms with van der Waals surface area (Å²) in [4.78, 5) is 0. The van der Waals surface area contributed by atoms with E-state index in [4.69, 9.17) is 9.47 Å². The lowest BCUT2D eigenvalue weighted by Gasteiger charge is -2.36. The van der Waals surface area contributed by atoms with Crippen LogP contribution in [0.2, 0.25) is 0 Å². The van der Waals surface area contributed by atoms with Crippen molar-refractivity contribution in [1.82, 2.24) is 0 Å². The van der Waals surface area contributed by atoms with E-state index in [0.29, 0.717) is 29.0 Å². The van der Waals surface area contributed by atoms with Crippen molar-refractivity contribution in [2.45, 2.75) is 38.6 Å². The zero-order chi connectivity index (χ0) is 15.7. The van der Waals surface area contributed by atoms with Gasteiger partial charge in [0, 0.05) is 12.0 Å². The molecule has 22 heavy (non-hydrogen) atoms. The van der Waals surface area contributed by atoms with Crippen molar-refractivity contribution in [2.24, 2.45) is 0 Å². The molecule has 0 spiro atoms. The molecule has 1 N–H and O–H groups in total. The van der Waals surface area contributed by atoms with Gasteiger partial charge in [-0.1, -0.05) is 24.3 Å².